The number of benzene rings is 3. The van der Waals surface area contributed by atoms with Crippen LogP contribution in [-0.2, 0) is 5.41 Å². The van der Waals surface area contributed by atoms with Crippen molar-refractivity contribution in [3.63, 3.8) is 0 Å². The Labute approximate surface area is 153 Å². The van der Waals surface area contributed by atoms with E-state index in [9.17, 15) is 13.2 Å². The summed E-state index contributed by atoms with van der Waals surface area (Å²) < 4.78 is 44.1. The first-order valence-electron chi connectivity index (χ1n) is 7.33. The molecule has 0 amide bonds. The quantitative estimate of drug-likeness (QED) is 0.335. The van der Waals surface area contributed by atoms with Crippen LogP contribution in [0.3, 0.4) is 0 Å². The van der Waals surface area contributed by atoms with Crippen molar-refractivity contribution < 1.29 is 13.2 Å². The van der Waals surface area contributed by atoms with Crippen molar-refractivity contribution in [1.82, 2.24) is 0 Å². The van der Waals surface area contributed by atoms with Crippen molar-refractivity contribution >= 4 is 42.6 Å². The average Bonchev–Trinajstić information content (AvgIpc) is 2.77. The lowest BCUT2D eigenvalue weighted by molar-refractivity contribution is -0.171. The topological polar surface area (TPSA) is 0 Å². The van der Waals surface area contributed by atoms with Gasteiger partial charge >= 0.3 is 6.18 Å². The fraction of sp³-hybridized carbons (Fsp3) is 0.158. The molecule has 0 spiro atoms. The van der Waals surface area contributed by atoms with Gasteiger partial charge in [-0.3, -0.25) is 0 Å². The van der Waals surface area contributed by atoms with Gasteiger partial charge in [0, 0.05) is 8.95 Å². The number of hydrogen-bond donors (Lipinski definition) is 0. The Morgan fingerprint density at radius 3 is 2.17 bits per heavy atom. The van der Waals surface area contributed by atoms with E-state index in [4.69, 9.17) is 0 Å². The summed E-state index contributed by atoms with van der Waals surface area (Å²) in [6.45, 7) is 1.28. The molecule has 0 N–H and O–H groups in total. The maximum atomic E-state index is 14.2. The smallest absolute Gasteiger partial charge is 0.170 e. The Kier molecular flexibility index (Phi) is 3.42. The van der Waals surface area contributed by atoms with Crippen molar-refractivity contribution in [3.8, 4) is 11.1 Å². The lowest BCUT2D eigenvalue weighted by Crippen LogP contribution is -2.39. The van der Waals surface area contributed by atoms with Gasteiger partial charge in [-0.15, -0.1) is 0 Å². The first kappa shape index (κ1) is 16.2. The molecule has 122 valence electrons. The molecular weight excluding hydrogens is 445 g/mol. The summed E-state index contributed by atoms with van der Waals surface area (Å²) in [6, 6.07) is 14.2. The molecule has 1 unspecified atom stereocenters. The monoisotopic (exact) mass is 454 g/mol. The molecule has 0 heterocycles. The van der Waals surface area contributed by atoms with Gasteiger partial charge in [0.05, 0.1) is 0 Å². The van der Waals surface area contributed by atoms with E-state index in [1.165, 1.54) is 6.92 Å². The molecule has 3 aromatic rings. The Morgan fingerprint density at radius 1 is 0.833 bits per heavy atom. The average molecular weight is 456 g/mol. The van der Waals surface area contributed by atoms with Crippen LogP contribution in [0, 0.1) is 0 Å². The predicted molar refractivity (Wildman–Crippen MR) is 97.3 cm³/mol. The minimum absolute atomic E-state index is 0.301. The fourth-order valence-electron chi connectivity index (χ4n) is 3.66. The number of alkyl halides is 3. The molecule has 1 aliphatic carbocycles. The van der Waals surface area contributed by atoms with Crippen LogP contribution in [0.1, 0.15) is 18.1 Å². The van der Waals surface area contributed by atoms with Crippen molar-refractivity contribution in [2.75, 3.05) is 0 Å². The van der Waals surface area contributed by atoms with Crippen LogP contribution in [-0.4, -0.2) is 6.18 Å². The number of hydrogen-bond acceptors (Lipinski definition) is 0. The first-order chi connectivity index (χ1) is 11.2. The van der Waals surface area contributed by atoms with Gasteiger partial charge in [0.1, 0.15) is 5.41 Å². The summed E-state index contributed by atoms with van der Waals surface area (Å²) in [5.74, 6) is 0. The van der Waals surface area contributed by atoms with Gasteiger partial charge in [-0.1, -0.05) is 56.1 Å². The molecule has 1 aliphatic rings. The third kappa shape index (κ3) is 2.04. The molecule has 0 aliphatic heterocycles. The van der Waals surface area contributed by atoms with Crippen LogP contribution in [0.5, 0.6) is 0 Å². The van der Waals surface area contributed by atoms with E-state index in [1.807, 2.05) is 12.1 Å². The second-order valence-electron chi connectivity index (χ2n) is 6.17. The Hall–Kier alpha value is -1.33. The molecule has 0 aromatic heterocycles. The third-order valence-electron chi connectivity index (χ3n) is 4.86. The maximum Gasteiger partial charge on any atom is 0.402 e. The van der Waals surface area contributed by atoms with Crippen LogP contribution in [0.15, 0.2) is 57.5 Å². The second kappa shape index (κ2) is 5.09. The zero-order valence-electron chi connectivity index (χ0n) is 12.5. The Balaban J connectivity index is 2.19. The second-order valence-corrected chi connectivity index (χ2v) is 8.00. The van der Waals surface area contributed by atoms with Gasteiger partial charge < -0.3 is 0 Å². The number of rotatable bonds is 0. The molecule has 0 saturated carbocycles. The predicted octanol–water partition coefficient (Wildman–Crippen LogP) is 7.21. The zero-order valence-corrected chi connectivity index (χ0v) is 15.7. The highest BCUT2D eigenvalue weighted by Gasteiger charge is 2.58. The van der Waals surface area contributed by atoms with Crippen LogP contribution < -0.4 is 0 Å². The highest BCUT2D eigenvalue weighted by atomic mass is 79.9. The van der Waals surface area contributed by atoms with Crippen molar-refractivity contribution in [1.29, 1.82) is 0 Å². The summed E-state index contributed by atoms with van der Waals surface area (Å²) in [5, 5.41) is 1.44. The van der Waals surface area contributed by atoms with E-state index in [-0.39, 0.29) is 0 Å². The summed E-state index contributed by atoms with van der Waals surface area (Å²) in [6.07, 6.45) is -4.39. The molecule has 3 aromatic carbocycles. The van der Waals surface area contributed by atoms with Crippen LogP contribution >= 0.6 is 31.9 Å². The van der Waals surface area contributed by atoms with E-state index >= 15 is 0 Å². The lowest BCUT2D eigenvalue weighted by atomic mass is 9.77. The minimum atomic E-state index is -4.39. The molecule has 0 bridgehead atoms. The summed E-state index contributed by atoms with van der Waals surface area (Å²) in [5.41, 5.74) is -0.0812. The molecule has 4 rings (SSSR count). The van der Waals surface area contributed by atoms with E-state index in [1.54, 1.807) is 36.4 Å². The summed E-state index contributed by atoms with van der Waals surface area (Å²) >= 11 is 6.70. The van der Waals surface area contributed by atoms with Gasteiger partial charge in [-0.2, -0.15) is 13.2 Å². The van der Waals surface area contributed by atoms with Gasteiger partial charge in [-0.05, 0) is 64.2 Å². The van der Waals surface area contributed by atoms with Crippen LogP contribution in [0.25, 0.3) is 21.9 Å². The zero-order chi connectivity index (χ0) is 17.3. The highest BCUT2D eigenvalue weighted by molar-refractivity contribution is 9.10. The lowest BCUT2D eigenvalue weighted by Gasteiger charge is -2.31. The summed E-state index contributed by atoms with van der Waals surface area (Å²) in [7, 11) is 0. The van der Waals surface area contributed by atoms with Crippen LogP contribution in [0.4, 0.5) is 13.2 Å². The molecule has 24 heavy (non-hydrogen) atoms. The normalized spacial score (nSPS) is 19.4. The highest BCUT2D eigenvalue weighted by Crippen LogP contribution is 2.58. The van der Waals surface area contributed by atoms with E-state index in [2.05, 4.69) is 31.9 Å². The largest absolute Gasteiger partial charge is 0.402 e. The third-order valence-corrected chi connectivity index (χ3v) is 5.85. The molecule has 0 radical (unpaired) electrons. The number of halogens is 5. The van der Waals surface area contributed by atoms with Gasteiger partial charge in [-0.25, -0.2) is 0 Å². The van der Waals surface area contributed by atoms with Gasteiger partial charge in [0.15, 0.2) is 0 Å². The standard InChI is InChI=1S/C19H11Br2F3/c1-18(19(22,23)24)16-9-12(21)4-7-14(16)15-5-2-10-8-11(20)3-6-13(10)17(15)18/h2-9H,1H3. The molecule has 0 nitrogen and oxygen atoms in total. The maximum absolute atomic E-state index is 14.2. The van der Waals surface area contributed by atoms with Gasteiger partial charge in [0.25, 0.3) is 0 Å². The first-order valence-corrected chi connectivity index (χ1v) is 8.92. The van der Waals surface area contributed by atoms with Crippen molar-refractivity contribution in [3.05, 3.63) is 68.6 Å². The molecule has 5 heteroatoms. The molecular formula is C19H11Br2F3. The Morgan fingerprint density at radius 2 is 1.46 bits per heavy atom. The number of fused-ring (bicyclic) bond motifs is 5. The van der Waals surface area contributed by atoms with Crippen molar-refractivity contribution in [2.24, 2.45) is 0 Å². The van der Waals surface area contributed by atoms with Crippen molar-refractivity contribution in [2.45, 2.75) is 18.5 Å². The van der Waals surface area contributed by atoms with Gasteiger partial charge in [0.2, 0.25) is 0 Å². The van der Waals surface area contributed by atoms with E-state index < -0.39 is 11.6 Å². The molecule has 0 saturated heterocycles. The fourth-order valence-corrected chi connectivity index (χ4v) is 4.40. The van der Waals surface area contributed by atoms with Crippen LogP contribution in [0.2, 0.25) is 0 Å². The Bertz CT molecular complexity index is 992. The molecule has 1 atom stereocenters. The van der Waals surface area contributed by atoms with E-state index in [0.717, 1.165) is 9.86 Å². The minimum Gasteiger partial charge on any atom is -0.170 e. The van der Waals surface area contributed by atoms with E-state index in [0.29, 0.717) is 32.1 Å². The summed E-state index contributed by atoms with van der Waals surface area (Å²) in [4.78, 5) is 0. The SMILES string of the molecule is CC1(C(F)(F)F)c2cc(Br)ccc2-c2ccc3cc(Br)ccc3c21. The molecule has 0 fully saturated rings.